The lowest BCUT2D eigenvalue weighted by Crippen LogP contribution is -2.43. The first kappa shape index (κ1) is 17.9. The fourth-order valence-electron chi connectivity index (χ4n) is 0.922. The van der Waals surface area contributed by atoms with E-state index in [4.69, 9.17) is 5.73 Å². The molecule has 0 rings (SSSR count). The lowest BCUT2D eigenvalue weighted by molar-refractivity contribution is -0.268. The van der Waals surface area contributed by atoms with Crippen molar-refractivity contribution in [1.29, 1.82) is 0 Å². The third-order valence-electron chi connectivity index (χ3n) is 1.81. The molecule has 0 aliphatic heterocycles. The summed E-state index contributed by atoms with van der Waals surface area (Å²) in [6.45, 7) is 0.323. The fraction of sp³-hybridized carbons (Fsp3) is 0.875. The highest BCUT2D eigenvalue weighted by Gasteiger charge is 2.62. The first-order valence-electron chi connectivity index (χ1n) is 4.41. The number of Topliss-reactive ketones (excluding diaryl/α,β-unsaturated/α-hetero) is 1. The molecular weight excluding hydrogens is 257 g/mol. The van der Waals surface area contributed by atoms with E-state index in [1.54, 1.807) is 0 Å². The largest absolute Gasteiger partial charge is 0.461 e. The van der Waals surface area contributed by atoms with Gasteiger partial charge in [-0.05, 0) is 19.4 Å². The number of hydrogen-bond acceptors (Lipinski definition) is 2. The molecule has 0 atom stereocenters. The van der Waals surface area contributed by atoms with Crippen LogP contribution in [0.25, 0.3) is 0 Å². The number of hydrogen-bond donors (Lipinski definition) is 1. The highest BCUT2D eigenvalue weighted by atomic mass is 35.5. The Bertz CT molecular complexity index is 219. The van der Waals surface area contributed by atoms with Crippen molar-refractivity contribution < 1.29 is 26.7 Å². The summed E-state index contributed by atoms with van der Waals surface area (Å²) in [5.41, 5.74) is 5.09. The Morgan fingerprint density at radius 3 is 1.88 bits per heavy atom. The Labute approximate surface area is 95.8 Å². The van der Waals surface area contributed by atoms with E-state index in [1.807, 2.05) is 0 Å². The summed E-state index contributed by atoms with van der Waals surface area (Å²) in [7, 11) is 0. The van der Waals surface area contributed by atoms with Gasteiger partial charge < -0.3 is 5.73 Å². The average Bonchev–Trinajstić information content (AvgIpc) is 2.10. The summed E-state index contributed by atoms with van der Waals surface area (Å²) in [5.74, 6) is -7.30. The van der Waals surface area contributed by atoms with E-state index in [9.17, 15) is 26.7 Å². The maximum Gasteiger partial charge on any atom is 0.461 e. The first-order chi connectivity index (χ1) is 6.73. The van der Waals surface area contributed by atoms with Gasteiger partial charge in [-0.1, -0.05) is 6.42 Å². The number of unbranched alkanes of at least 4 members (excludes halogenated alkanes) is 2. The van der Waals surface area contributed by atoms with Gasteiger partial charge in [-0.3, -0.25) is 4.79 Å². The van der Waals surface area contributed by atoms with E-state index < -0.39 is 24.3 Å². The summed E-state index contributed by atoms with van der Waals surface area (Å²) < 4.78 is 59.7. The Morgan fingerprint density at radius 1 is 1.00 bits per heavy atom. The van der Waals surface area contributed by atoms with Crippen molar-refractivity contribution >= 4 is 18.2 Å². The zero-order chi connectivity index (χ0) is 12.1. The molecule has 0 saturated heterocycles. The number of alkyl halides is 5. The predicted octanol–water partition coefficient (Wildman–Crippen LogP) is 2.69. The zero-order valence-electron chi connectivity index (χ0n) is 8.32. The zero-order valence-corrected chi connectivity index (χ0v) is 9.14. The fourth-order valence-corrected chi connectivity index (χ4v) is 0.922. The third-order valence-corrected chi connectivity index (χ3v) is 1.81. The summed E-state index contributed by atoms with van der Waals surface area (Å²) in [5, 5.41) is 0. The van der Waals surface area contributed by atoms with Crippen LogP contribution in [0.5, 0.6) is 0 Å². The number of carbonyl (C=O) groups excluding carboxylic acids is 1. The lowest BCUT2D eigenvalue weighted by atomic mass is 10.1. The normalized spacial score (nSPS) is 12.1. The van der Waals surface area contributed by atoms with Gasteiger partial charge in [0.15, 0.2) is 0 Å². The molecule has 0 heterocycles. The summed E-state index contributed by atoms with van der Waals surface area (Å²) in [4.78, 5) is 10.6. The van der Waals surface area contributed by atoms with Gasteiger partial charge >= 0.3 is 12.1 Å². The highest BCUT2D eigenvalue weighted by Crippen LogP contribution is 2.37. The van der Waals surface area contributed by atoms with Crippen LogP contribution in [0.4, 0.5) is 22.0 Å². The van der Waals surface area contributed by atoms with Crippen LogP contribution >= 0.6 is 12.4 Å². The standard InChI is InChI=1S/C8H12F5NO.ClH/c9-7(10,8(11,12)13)6(15)4-2-1-3-5-14;/h1-5,14H2;1H. The van der Waals surface area contributed by atoms with E-state index in [-0.39, 0.29) is 18.8 Å². The van der Waals surface area contributed by atoms with Gasteiger partial charge in [0.1, 0.15) is 0 Å². The summed E-state index contributed by atoms with van der Waals surface area (Å²) in [6.07, 6.45) is -5.69. The van der Waals surface area contributed by atoms with Gasteiger partial charge in [0, 0.05) is 6.42 Å². The maximum absolute atomic E-state index is 12.3. The van der Waals surface area contributed by atoms with Crippen molar-refractivity contribution in [1.82, 2.24) is 0 Å². The molecule has 0 saturated carbocycles. The van der Waals surface area contributed by atoms with Gasteiger partial charge in [0.05, 0.1) is 0 Å². The van der Waals surface area contributed by atoms with E-state index in [0.29, 0.717) is 19.4 Å². The van der Waals surface area contributed by atoms with Crippen molar-refractivity contribution in [3.05, 3.63) is 0 Å². The molecule has 0 radical (unpaired) electrons. The smallest absolute Gasteiger partial charge is 0.330 e. The number of carbonyl (C=O) groups is 1. The summed E-state index contributed by atoms with van der Waals surface area (Å²) >= 11 is 0. The van der Waals surface area contributed by atoms with Crippen LogP contribution in [-0.4, -0.2) is 24.4 Å². The van der Waals surface area contributed by atoms with Crippen molar-refractivity contribution in [3.63, 3.8) is 0 Å². The quantitative estimate of drug-likeness (QED) is 0.595. The maximum atomic E-state index is 12.3. The second kappa shape index (κ2) is 7.01. The number of nitrogens with two attached hydrogens (primary N) is 1. The molecule has 0 fully saturated rings. The van der Waals surface area contributed by atoms with E-state index in [1.165, 1.54) is 0 Å². The van der Waals surface area contributed by atoms with Crippen LogP contribution in [0.3, 0.4) is 0 Å². The molecule has 2 N–H and O–H groups in total. The third kappa shape index (κ3) is 5.07. The minimum absolute atomic E-state index is 0. The number of halogens is 6. The monoisotopic (exact) mass is 269 g/mol. The van der Waals surface area contributed by atoms with Crippen LogP contribution in [0.2, 0.25) is 0 Å². The molecule has 0 unspecified atom stereocenters. The Morgan fingerprint density at radius 2 is 1.50 bits per heavy atom. The van der Waals surface area contributed by atoms with E-state index in [0.717, 1.165) is 0 Å². The Hall–Kier alpha value is -0.430. The van der Waals surface area contributed by atoms with Crippen LogP contribution in [0.1, 0.15) is 25.7 Å². The van der Waals surface area contributed by atoms with Crippen molar-refractivity contribution in [2.24, 2.45) is 5.73 Å². The molecule has 0 bridgehead atoms. The van der Waals surface area contributed by atoms with Crippen LogP contribution in [0, 0.1) is 0 Å². The van der Waals surface area contributed by atoms with Gasteiger partial charge in [0.25, 0.3) is 0 Å². The Kier molecular flexibility index (Phi) is 7.86. The molecule has 0 spiro atoms. The average molecular weight is 270 g/mol. The topological polar surface area (TPSA) is 43.1 Å². The molecule has 8 heteroatoms. The Balaban J connectivity index is 0. The van der Waals surface area contributed by atoms with Crippen LogP contribution < -0.4 is 5.73 Å². The molecule has 0 aromatic rings. The lowest BCUT2D eigenvalue weighted by Gasteiger charge is -2.17. The molecule has 2 nitrogen and oxygen atoms in total. The van der Waals surface area contributed by atoms with Gasteiger partial charge in [-0.25, -0.2) is 0 Å². The molecular formula is C8H13ClF5NO. The van der Waals surface area contributed by atoms with Crippen molar-refractivity contribution in [3.8, 4) is 0 Å². The van der Waals surface area contributed by atoms with Crippen molar-refractivity contribution in [2.45, 2.75) is 37.8 Å². The minimum atomic E-state index is -5.79. The first-order valence-corrected chi connectivity index (χ1v) is 4.41. The van der Waals surface area contributed by atoms with Crippen LogP contribution in [-0.2, 0) is 4.79 Å². The number of rotatable bonds is 6. The summed E-state index contributed by atoms with van der Waals surface area (Å²) in [6, 6.07) is 0. The van der Waals surface area contributed by atoms with E-state index in [2.05, 4.69) is 0 Å². The second-order valence-electron chi connectivity index (χ2n) is 3.09. The van der Waals surface area contributed by atoms with Gasteiger partial charge in [-0.15, -0.1) is 12.4 Å². The van der Waals surface area contributed by atoms with Gasteiger partial charge in [0.2, 0.25) is 5.78 Å². The van der Waals surface area contributed by atoms with Gasteiger partial charge in [-0.2, -0.15) is 22.0 Å². The minimum Gasteiger partial charge on any atom is -0.330 e. The molecule has 0 aliphatic rings. The molecule has 0 aromatic carbocycles. The van der Waals surface area contributed by atoms with E-state index >= 15 is 0 Å². The predicted molar refractivity (Wildman–Crippen MR) is 50.8 cm³/mol. The molecule has 0 aliphatic carbocycles. The van der Waals surface area contributed by atoms with Crippen LogP contribution in [0.15, 0.2) is 0 Å². The van der Waals surface area contributed by atoms with Crippen molar-refractivity contribution in [2.75, 3.05) is 6.54 Å². The molecule has 0 aromatic heterocycles. The second-order valence-corrected chi connectivity index (χ2v) is 3.09. The SMILES string of the molecule is Cl.NCCCCCC(=O)C(F)(F)C(F)(F)F. The number of ketones is 1. The highest BCUT2D eigenvalue weighted by molar-refractivity contribution is 5.86. The molecule has 98 valence electrons. The molecule has 0 amide bonds. The molecule has 16 heavy (non-hydrogen) atoms.